The van der Waals surface area contributed by atoms with Gasteiger partial charge in [-0.1, -0.05) is 6.08 Å². The van der Waals surface area contributed by atoms with Crippen LogP contribution >= 0.6 is 0 Å². The average Bonchev–Trinajstić information content (AvgIpc) is 2.38. The molecule has 0 aromatic rings. The van der Waals surface area contributed by atoms with Gasteiger partial charge in [-0.05, 0) is 25.8 Å². The summed E-state index contributed by atoms with van der Waals surface area (Å²) in [6.07, 6.45) is 2.73. The molecule has 108 valence electrons. The summed E-state index contributed by atoms with van der Waals surface area (Å²) < 4.78 is 5.05. The minimum Gasteiger partial charge on any atom is -0.480 e. The monoisotopic (exact) mass is 270 g/mol. The predicted octanol–water partition coefficient (Wildman–Crippen LogP) is 1.18. The highest BCUT2D eigenvalue weighted by Gasteiger charge is 2.37. The van der Waals surface area contributed by atoms with Crippen LogP contribution in [-0.4, -0.2) is 66.3 Å². The third kappa shape index (κ3) is 3.47. The molecule has 0 bridgehead atoms. The summed E-state index contributed by atoms with van der Waals surface area (Å²) in [7, 11) is 3.16. The Labute approximate surface area is 113 Å². The normalized spacial score (nSPS) is 16.0. The number of rotatable bonds is 4. The van der Waals surface area contributed by atoms with Crippen molar-refractivity contribution in [2.24, 2.45) is 0 Å². The standard InChI is InChI=1S/C13H22N2O4/c1-13(2,11(16)17)14(3)12(18)15-7-5-10(6-8-15)9-19-4/h5H,6-9H2,1-4H3,(H,16,17). The van der Waals surface area contributed by atoms with Crippen molar-refractivity contribution >= 4 is 12.0 Å². The highest BCUT2D eigenvalue weighted by atomic mass is 16.5. The van der Waals surface area contributed by atoms with Gasteiger partial charge in [-0.25, -0.2) is 9.59 Å². The molecule has 6 nitrogen and oxygen atoms in total. The number of hydrogen-bond acceptors (Lipinski definition) is 3. The van der Waals surface area contributed by atoms with Crippen molar-refractivity contribution in [3.63, 3.8) is 0 Å². The van der Waals surface area contributed by atoms with Crippen LogP contribution in [0, 0.1) is 0 Å². The van der Waals surface area contributed by atoms with Gasteiger partial charge >= 0.3 is 12.0 Å². The van der Waals surface area contributed by atoms with Gasteiger partial charge in [0, 0.05) is 27.2 Å². The minimum absolute atomic E-state index is 0.264. The van der Waals surface area contributed by atoms with Crippen LogP contribution in [0.2, 0.25) is 0 Å². The van der Waals surface area contributed by atoms with E-state index in [1.807, 2.05) is 6.08 Å². The molecule has 0 spiro atoms. The number of methoxy groups -OCH3 is 1. The first-order valence-corrected chi connectivity index (χ1v) is 6.23. The maximum absolute atomic E-state index is 12.2. The fourth-order valence-corrected chi connectivity index (χ4v) is 1.80. The lowest BCUT2D eigenvalue weighted by atomic mass is 10.0. The van der Waals surface area contributed by atoms with E-state index in [2.05, 4.69) is 0 Å². The van der Waals surface area contributed by atoms with Crippen molar-refractivity contribution < 1.29 is 19.4 Å². The van der Waals surface area contributed by atoms with Crippen LogP contribution < -0.4 is 0 Å². The highest BCUT2D eigenvalue weighted by molar-refractivity contribution is 5.85. The summed E-state index contributed by atoms with van der Waals surface area (Å²) in [5.41, 5.74) is -0.0418. The van der Waals surface area contributed by atoms with Gasteiger partial charge in [0.15, 0.2) is 0 Å². The summed E-state index contributed by atoms with van der Waals surface area (Å²) in [5, 5.41) is 9.13. The van der Waals surface area contributed by atoms with Crippen LogP contribution in [0.4, 0.5) is 4.79 Å². The summed E-state index contributed by atoms with van der Waals surface area (Å²) in [4.78, 5) is 26.3. The van der Waals surface area contributed by atoms with E-state index < -0.39 is 11.5 Å². The highest BCUT2D eigenvalue weighted by Crippen LogP contribution is 2.18. The molecular weight excluding hydrogens is 248 g/mol. The number of nitrogens with zero attached hydrogens (tertiary/aromatic N) is 2. The number of urea groups is 1. The topological polar surface area (TPSA) is 70.1 Å². The van der Waals surface area contributed by atoms with E-state index in [-0.39, 0.29) is 6.03 Å². The molecule has 0 aliphatic carbocycles. The molecule has 0 aromatic carbocycles. The van der Waals surface area contributed by atoms with E-state index in [9.17, 15) is 9.59 Å². The molecule has 0 unspecified atom stereocenters. The van der Waals surface area contributed by atoms with Gasteiger partial charge in [0.1, 0.15) is 5.54 Å². The quantitative estimate of drug-likeness (QED) is 0.779. The van der Waals surface area contributed by atoms with Gasteiger partial charge in [0.25, 0.3) is 0 Å². The Morgan fingerprint density at radius 1 is 1.53 bits per heavy atom. The van der Waals surface area contributed by atoms with Gasteiger partial charge in [0.05, 0.1) is 6.61 Å². The van der Waals surface area contributed by atoms with E-state index >= 15 is 0 Å². The summed E-state index contributed by atoms with van der Waals surface area (Å²) in [6, 6.07) is -0.264. The van der Waals surface area contributed by atoms with Crippen molar-refractivity contribution in [3.8, 4) is 0 Å². The number of amides is 2. The molecule has 0 aromatic heterocycles. The Kier molecular flexibility index (Phi) is 4.94. The number of likely N-dealkylation sites (N-methyl/N-ethyl adjacent to an activating group) is 1. The van der Waals surface area contributed by atoms with Gasteiger partial charge in [-0.3, -0.25) is 0 Å². The lowest BCUT2D eigenvalue weighted by Crippen LogP contribution is -2.55. The molecule has 0 radical (unpaired) electrons. The third-order valence-corrected chi connectivity index (χ3v) is 3.55. The fourth-order valence-electron chi connectivity index (χ4n) is 1.80. The first-order chi connectivity index (χ1) is 8.80. The van der Waals surface area contributed by atoms with E-state index in [0.717, 1.165) is 6.42 Å². The first kappa shape index (κ1) is 15.5. The Morgan fingerprint density at radius 2 is 2.16 bits per heavy atom. The van der Waals surface area contributed by atoms with Crippen LogP contribution in [-0.2, 0) is 9.53 Å². The van der Waals surface area contributed by atoms with Crippen molar-refractivity contribution in [1.29, 1.82) is 0 Å². The zero-order chi connectivity index (χ0) is 14.6. The Hall–Kier alpha value is -1.56. The molecule has 2 amide bonds. The second kappa shape index (κ2) is 6.06. The molecule has 0 atom stereocenters. The van der Waals surface area contributed by atoms with Crippen molar-refractivity contribution in [1.82, 2.24) is 9.80 Å². The number of carbonyl (C=O) groups excluding carboxylic acids is 1. The Morgan fingerprint density at radius 3 is 2.58 bits per heavy atom. The molecule has 6 heteroatoms. The van der Waals surface area contributed by atoms with Gasteiger partial charge in [-0.15, -0.1) is 0 Å². The number of aliphatic carboxylic acids is 1. The number of carboxylic acids is 1. The summed E-state index contributed by atoms with van der Waals surface area (Å²) in [5.74, 6) is -1.02. The van der Waals surface area contributed by atoms with Gasteiger partial charge < -0.3 is 19.6 Å². The number of hydrogen-bond donors (Lipinski definition) is 1. The molecule has 1 aliphatic heterocycles. The second-order valence-corrected chi connectivity index (χ2v) is 5.20. The maximum atomic E-state index is 12.2. The van der Waals surface area contributed by atoms with Crippen LogP contribution in [0.15, 0.2) is 11.6 Å². The van der Waals surface area contributed by atoms with Gasteiger partial charge in [-0.2, -0.15) is 0 Å². The van der Waals surface area contributed by atoms with Crippen molar-refractivity contribution in [2.75, 3.05) is 33.9 Å². The van der Waals surface area contributed by atoms with Crippen molar-refractivity contribution in [3.05, 3.63) is 11.6 Å². The van der Waals surface area contributed by atoms with E-state index in [0.29, 0.717) is 19.7 Å². The molecule has 0 saturated carbocycles. The molecule has 0 fully saturated rings. The number of carbonyl (C=O) groups is 2. The molecule has 1 heterocycles. The average molecular weight is 270 g/mol. The van der Waals surface area contributed by atoms with Gasteiger partial charge in [0.2, 0.25) is 0 Å². The predicted molar refractivity (Wildman–Crippen MR) is 71.0 cm³/mol. The molecule has 1 aliphatic rings. The molecule has 19 heavy (non-hydrogen) atoms. The molecular formula is C13H22N2O4. The maximum Gasteiger partial charge on any atom is 0.329 e. The first-order valence-electron chi connectivity index (χ1n) is 6.23. The largest absolute Gasteiger partial charge is 0.480 e. The number of carboxylic acid groups (broad SMARTS) is 1. The third-order valence-electron chi connectivity index (χ3n) is 3.55. The van der Waals surface area contributed by atoms with E-state index in [4.69, 9.17) is 9.84 Å². The lowest BCUT2D eigenvalue weighted by molar-refractivity contribution is -0.147. The van der Waals surface area contributed by atoms with Crippen molar-refractivity contribution in [2.45, 2.75) is 25.8 Å². The molecule has 0 saturated heterocycles. The zero-order valence-corrected chi connectivity index (χ0v) is 12.0. The van der Waals surface area contributed by atoms with Crippen LogP contribution in [0.25, 0.3) is 0 Å². The number of ether oxygens (including phenoxy) is 1. The van der Waals surface area contributed by atoms with Crippen LogP contribution in [0.5, 0.6) is 0 Å². The fraction of sp³-hybridized carbons (Fsp3) is 0.692. The molecule has 1 rings (SSSR count). The summed E-state index contributed by atoms with van der Waals surface area (Å²) >= 11 is 0. The Balaban J connectivity index is 2.68. The SMILES string of the molecule is COCC1=CCN(C(=O)N(C)C(C)(C)C(=O)O)CC1. The Bertz CT molecular complexity index is 390. The van der Waals surface area contributed by atoms with Crippen LogP contribution in [0.3, 0.4) is 0 Å². The summed E-state index contributed by atoms with van der Waals surface area (Å²) in [6.45, 7) is 4.71. The smallest absolute Gasteiger partial charge is 0.329 e. The van der Waals surface area contributed by atoms with E-state index in [1.54, 1.807) is 12.0 Å². The van der Waals surface area contributed by atoms with E-state index in [1.165, 1.54) is 31.4 Å². The lowest BCUT2D eigenvalue weighted by Gasteiger charge is -2.37. The second-order valence-electron chi connectivity index (χ2n) is 5.20. The minimum atomic E-state index is -1.21. The molecule has 1 N–H and O–H groups in total. The zero-order valence-electron chi connectivity index (χ0n) is 12.0. The van der Waals surface area contributed by atoms with Crippen LogP contribution in [0.1, 0.15) is 20.3 Å².